The summed E-state index contributed by atoms with van der Waals surface area (Å²) in [7, 11) is 0. The highest BCUT2D eigenvalue weighted by Gasteiger charge is 2.10. The van der Waals surface area contributed by atoms with E-state index < -0.39 is 0 Å². The zero-order valence-corrected chi connectivity index (χ0v) is 12.7. The summed E-state index contributed by atoms with van der Waals surface area (Å²) in [4.78, 5) is 12.2. The lowest BCUT2D eigenvalue weighted by Crippen LogP contribution is -2.13. The number of nitriles is 1. The third kappa shape index (κ3) is 3.38. The molecule has 2 aromatic carbocycles. The van der Waals surface area contributed by atoms with Gasteiger partial charge in [0.1, 0.15) is 6.07 Å². The van der Waals surface area contributed by atoms with Crippen LogP contribution in [0.15, 0.2) is 46.9 Å². The first-order chi connectivity index (χ1) is 9.63. The molecule has 0 heterocycles. The van der Waals surface area contributed by atoms with E-state index in [0.29, 0.717) is 22.7 Å². The molecule has 1 N–H and O–H groups in total. The lowest BCUT2D eigenvalue weighted by molar-refractivity contribution is 0.102. The quantitative estimate of drug-likeness (QED) is 0.839. The van der Waals surface area contributed by atoms with Gasteiger partial charge in [-0.05, 0) is 35.9 Å². The molecule has 0 bridgehead atoms. The first kappa shape index (κ1) is 14.6. The van der Waals surface area contributed by atoms with Gasteiger partial charge in [-0.25, -0.2) is 0 Å². The summed E-state index contributed by atoms with van der Waals surface area (Å²) in [6.45, 7) is 0. The zero-order chi connectivity index (χ0) is 14.5. The van der Waals surface area contributed by atoms with E-state index in [0.717, 1.165) is 10.0 Å². The van der Waals surface area contributed by atoms with Crippen LogP contribution in [0.1, 0.15) is 21.5 Å². The van der Waals surface area contributed by atoms with Crippen molar-refractivity contribution < 1.29 is 4.79 Å². The molecule has 100 valence electrons. The Hall–Kier alpha value is -1.83. The molecule has 0 unspecified atom stereocenters. The van der Waals surface area contributed by atoms with Crippen LogP contribution in [0.4, 0.5) is 5.69 Å². The molecule has 0 aromatic heterocycles. The molecule has 0 saturated carbocycles. The highest BCUT2D eigenvalue weighted by Crippen LogP contribution is 2.21. The number of carbonyl (C=O) groups excluding carboxylic acids is 1. The van der Waals surface area contributed by atoms with Gasteiger partial charge >= 0.3 is 0 Å². The number of nitrogens with zero attached hydrogens (tertiary/aromatic N) is 1. The Morgan fingerprint density at radius 3 is 2.80 bits per heavy atom. The van der Waals surface area contributed by atoms with Crippen molar-refractivity contribution in [1.82, 2.24) is 0 Å². The second-order valence-electron chi connectivity index (χ2n) is 4.09. The monoisotopic (exact) mass is 348 g/mol. The van der Waals surface area contributed by atoms with Crippen LogP contribution in [0.5, 0.6) is 0 Å². The molecule has 0 radical (unpaired) electrons. The Morgan fingerprint density at radius 2 is 2.10 bits per heavy atom. The van der Waals surface area contributed by atoms with Crippen LogP contribution in [-0.4, -0.2) is 5.91 Å². The van der Waals surface area contributed by atoms with Gasteiger partial charge in [0.05, 0.1) is 11.3 Å². The summed E-state index contributed by atoms with van der Waals surface area (Å²) in [6.07, 6.45) is 0. The zero-order valence-electron chi connectivity index (χ0n) is 10.4. The van der Waals surface area contributed by atoms with E-state index in [-0.39, 0.29) is 5.91 Å². The summed E-state index contributed by atoms with van der Waals surface area (Å²) in [5.74, 6) is 0.0770. The third-order valence-electron chi connectivity index (χ3n) is 2.69. The highest BCUT2D eigenvalue weighted by atomic mass is 79.9. The normalized spacial score (nSPS) is 9.85. The molecule has 0 aliphatic rings. The van der Waals surface area contributed by atoms with Gasteiger partial charge in [-0.2, -0.15) is 5.26 Å². The number of halogens is 2. The summed E-state index contributed by atoms with van der Waals surface area (Å²) < 4.78 is 0.793. The van der Waals surface area contributed by atoms with Gasteiger partial charge in [0.15, 0.2) is 0 Å². The van der Waals surface area contributed by atoms with Gasteiger partial charge in [0.25, 0.3) is 5.91 Å². The van der Waals surface area contributed by atoms with Crippen LogP contribution >= 0.6 is 27.5 Å². The summed E-state index contributed by atoms with van der Waals surface area (Å²) in [5, 5.41) is 11.8. The van der Waals surface area contributed by atoms with Crippen LogP contribution in [0.3, 0.4) is 0 Å². The van der Waals surface area contributed by atoms with Crippen molar-refractivity contribution in [2.24, 2.45) is 0 Å². The van der Waals surface area contributed by atoms with Crippen molar-refractivity contribution in [3.8, 4) is 6.07 Å². The van der Waals surface area contributed by atoms with Crippen molar-refractivity contribution in [2.75, 3.05) is 5.32 Å². The smallest absolute Gasteiger partial charge is 0.255 e. The first-order valence-corrected chi connectivity index (χ1v) is 7.12. The molecule has 0 saturated heterocycles. The van der Waals surface area contributed by atoms with Crippen molar-refractivity contribution in [3.63, 3.8) is 0 Å². The molecular weight excluding hydrogens is 340 g/mol. The highest BCUT2D eigenvalue weighted by molar-refractivity contribution is 9.10. The number of alkyl halides is 1. The molecule has 0 spiro atoms. The van der Waals surface area contributed by atoms with Crippen molar-refractivity contribution in [2.45, 2.75) is 5.88 Å². The second-order valence-corrected chi connectivity index (χ2v) is 5.27. The average molecular weight is 350 g/mol. The van der Waals surface area contributed by atoms with Gasteiger partial charge in [0, 0.05) is 15.9 Å². The number of benzene rings is 2. The van der Waals surface area contributed by atoms with E-state index in [1.54, 1.807) is 36.4 Å². The predicted molar refractivity (Wildman–Crippen MR) is 82.8 cm³/mol. The van der Waals surface area contributed by atoms with Gasteiger partial charge in [0.2, 0.25) is 0 Å². The standard InChI is InChI=1S/C15H10BrClN2O/c16-13-5-4-12(9-18)14(7-13)19-15(20)11-3-1-2-10(6-11)8-17/h1-7H,8H2,(H,19,20). The Morgan fingerprint density at radius 1 is 1.30 bits per heavy atom. The number of hydrogen-bond acceptors (Lipinski definition) is 2. The van der Waals surface area contributed by atoms with E-state index in [9.17, 15) is 4.79 Å². The average Bonchev–Trinajstić information content (AvgIpc) is 2.47. The molecule has 2 aromatic rings. The van der Waals surface area contributed by atoms with Crippen LogP contribution in [0.25, 0.3) is 0 Å². The fraction of sp³-hybridized carbons (Fsp3) is 0.0667. The van der Waals surface area contributed by atoms with Crippen molar-refractivity contribution in [3.05, 3.63) is 63.6 Å². The topological polar surface area (TPSA) is 52.9 Å². The van der Waals surface area contributed by atoms with E-state index in [1.807, 2.05) is 12.1 Å². The van der Waals surface area contributed by atoms with Crippen molar-refractivity contribution in [1.29, 1.82) is 5.26 Å². The number of carbonyl (C=O) groups is 1. The molecule has 0 aliphatic heterocycles. The molecule has 0 fully saturated rings. The van der Waals surface area contributed by atoms with E-state index in [1.165, 1.54) is 0 Å². The molecular formula is C15H10BrClN2O. The van der Waals surface area contributed by atoms with Crippen LogP contribution < -0.4 is 5.32 Å². The Balaban J connectivity index is 2.28. The lowest BCUT2D eigenvalue weighted by atomic mass is 10.1. The molecule has 5 heteroatoms. The van der Waals surface area contributed by atoms with Crippen LogP contribution in [-0.2, 0) is 5.88 Å². The third-order valence-corrected chi connectivity index (χ3v) is 3.50. The van der Waals surface area contributed by atoms with Crippen molar-refractivity contribution >= 4 is 39.1 Å². The minimum absolute atomic E-state index is 0.272. The van der Waals surface area contributed by atoms with Gasteiger partial charge in [-0.1, -0.05) is 28.1 Å². The maximum Gasteiger partial charge on any atom is 0.255 e. The van der Waals surface area contributed by atoms with Gasteiger partial charge < -0.3 is 5.32 Å². The predicted octanol–water partition coefficient (Wildman–Crippen LogP) is 4.31. The van der Waals surface area contributed by atoms with E-state index >= 15 is 0 Å². The lowest BCUT2D eigenvalue weighted by Gasteiger charge is -2.08. The molecule has 0 atom stereocenters. The second kappa shape index (κ2) is 6.56. The first-order valence-electron chi connectivity index (χ1n) is 5.80. The number of anilines is 1. The minimum Gasteiger partial charge on any atom is -0.321 e. The molecule has 1 amide bonds. The Kier molecular flexibility index (Phi) is 4.78. The maximum absolute atomic E-state index is 12.2. The summed E-state index contributed by atoms with van der Waals surface area (Å²) in [6, 6.07) is 14.2. The number of hydrogen-bond donors (Lipinski definition) is 1. The number of amides is 1. The number of rotatable bonds is 3. The van der Waals surface area contributed by atoms with Crippen LogP contribution in [0, 0.1) is 11.3 Å². The maximum atomic E-state index is 12.2. The molecule has 3 nitrogen and oxygen atoms in total. The minimum atomic E-state index is -0.272. The Bertz CT molecular complexity index is 695. The van der Waals surface area contributed by atoms with Gasteiger partial charge in [-0.15, -0.1) is 11.6 Å². The molecule has 20 heavy (non-hydrogen) atoms. The fourth-order valence-corrected chi connectivity index (χ4v) is 2.23. The molecule has 0 aliphatic carbocycles. The SMILES string of the molecule is N#Cc1ccc(Br)cc1NC(=O)c1cccc(CCl)c1. The van der Waals surface area contributed by atoms with E-state index in [2.05, 4.69) is 21.2 Å². The summed E-state index contributed by atoms with van der Waals surface area (Å²) >= 11 is 9.07. The molecule has 2 rings (SSSR count). The van der Waals surface area contributed by atoms with Gasteiger partial charge in [-0.3, -0.25) is 4.79 Å². The Labute approximate surface area is 130 Å². The summed E-state index contributed by atoms with van der Waals surface area (Å²) in [5.41, 5.74) is 2.26. The van der Waals surface area contributed by atoms with E-state index in [4.69, 9.17) is 16.9 Å². The number of nitrogens with one attached hydrogen (secondary N) is 1. The van der Waals surface area contributed by atoms with Crippen LogP contribution in [0.2, 0.25) is 0 Å². The largest absolute Gasteiger partial charge is 0.321 e. The fourth-order valence-electron chi connectivity index (χ4n) is 1.71.